The number of piperidine rings is 1. The van der Waals surface area contributed by atoms with Gasteiger partial charge in [-0.1, -0.05) is 12.8 Å². The fraction of sp³-hybridized carbons (Fsp3) is 0.895. The number of nitrogens with one attached hydrogen (secondary N) is 1. The first-order valence-corrected chi connectivity index (χ1v) is 10.2. The number of nitrogens with zero attached hydrogens (tertiary/aromatic N) is 2. The number of amides is 3. The van der Waals surface area contributed by atoms with Crippen LogP contribution in [0.4, 0.5) is 4.79 Å². The van der Waals surface area contributed by atoms with Gasteiger partial charge in [0.1, 0.15) is 0 Å². The van der Waals surface area contributed by atoms with Gasteiger partial charge in [-0.25, -0.2) is 4.79 Å². The topological polar surface area (TPSA) is 72.9 Å². The van der Waals surface area contributed by atoms with E-state index in [1.165, 1.54) is 12.8 Å². The number of carbonyl (C=O) groups excluding carboxylic acids is 2. The molecule has 3 rings (SSSR count). The molecule has 25 heavy (non-hydrogen) atoms. The quantitative estimate of drug-likeness (QED) is 0.800. The molecule has 3 fully saturated rings. The molecule has 2 aliphatic heterocycles. The van der Waals surface area contributed by atoms with E-state index < -0.39 is 0 Å². The predicted molar refractivity (Wildman–Crippen MR) is 96.1 cm³/mol. The Bertz CT molecular complexity index is 447. The van der Waals surface area contributed by atoms with Crippen molar-refractivity contribution < 1.29 is 14.7 Å². The van der Waals surface area contributed by atoms with Crippen LogP contribution in [0.2, 0.25) is 0 Å². The van der Waals surface area contributed by atoms with Crippen molar-refractivity contribution in [3.8, 4) is 0 Å². The average Bonchev–Trinajstić information content (AvgIpc) is 2.92. The molecule has 0 aromatic carbocycles. The van der Waals surface area contributed by atoms with Gasteiger partial charge < -0.3 is 20.2 Å². The number of urea groups is 1. The summed E-state index contributed by atoms with van der Waals surface area (Å²) in [6.07, 6.45) is 9.36. The number of aliphatic hydroxyl groups excluding tert-OH is 1. The molecule has 142 valence electrons. The molecule has 2 N–H and O–H groups in total. The fourth-order valence-electron chi connectivity index (χ4n) is 4.36. The molecule has 0 radical (unpaired) electrons. The van der Waals surface area contributed by atoms with E-state index in [-0.39, 0.29) is 24.1 Å². The molecule has 0 spiro atoms. The van der Waals surface area contributed by atoms with Crippen molar-refractivity contribution in [2.75, 3.05) is 26.2 Å². The second-order valence-corrected chi connectivity index (χ2v) is 7.96. The highest BCUT2D eigenvalue weighted by Crippen LogP contribution is 2.23. The molecular formula is C19H33N3O3. The zero-order valence-electron chi connectivity index (χ0n) is 15.3. The first-order valence-electron chi connectivity index (χ1n) is 10.2. The van der Waals surface area contributed by atoms with Gasteiger partial charge in [-0.2, -0.15) is 0 Å². The van der Waals surface area contributed by atoms with E-state index in [1.807, 2.05) is 4.90 Å². The maximum Gasteiger partial charge on any atom is 0.317 e. The molecule has 1 saturated carbocycles. The van der Waals surface area contributed by atoms with Crippen molar-refractivity contribution >= 4 is 11.9 Å². The molecule has 1 aliphatic carbocycles. The lowest BCUT2D eigenvalue weighted by atomic mass is 9.93. The molecule has 0 bridgehead atoms. The number of rotatable bonds is 2. The summed E-state index contributed by atoms with van der Waals surface area (Å²) >= 11 is 0. The molecule has 0 unspecified atom stereocenters. The Morgan fingerprint density at radius 2 is 1.36 bits per heavy atom. The lowest BCUT2D eigenvalue weighted by Crippen LogP contribution is -2.50. The molecule has 3 aliphatic rings. The van der Waals surface area contributed by atoms with Gasteiger partial charge in [-0.05, 0) is 51.4 Å². The molecular weight excluding hydrogens is 318 g/mol. The highest BCUT2D eigenvalue weighted by atomic mass is 16.3. The van der Waals surface area contributed by atoms with Crippen LogP contribution in [0.25, 0.3) is 0 Å². The number of hydrogen-bond donors (Lipinski definition) is 2. The molecule has 6 heteroatoms. The zero-order valence-corrected chi connectivity index (χ0v) is 15.3. The van der Waals surface area contributed by atoms with Crippen LogP contribution >= 0.6 is 0 Å². The van der Waals surface area contributed by atoms with Crippen molar-refractivity contribution in [3.05, 3.63) is 0 Å². The number of aliphatic hydroxyl groups is 1. The van der Waals surface area contributed by atoms with Gasteiger partial charge in [-0.3, -0.25) is 4.79 Å². The Balaban J connectivity index is 1.41. The van der Waals surface area contributed by atoms with Gasteiger partial charge in [0.2, 0.25) is 5.91 Å². The van der Waals surface area contributed by atoms with Gasteiger partial charge >= 0.3 is 6.03 Å². The predicted octanol–water partition coefficient (Wildman–Crippen LogP) is 2.11. The van der Waals surface area contributed by atoms with Crippen LogP contribution in [-0.2, 0) is 4.79 Å². The Hall–Kier alpha value is -1.30. The highest BCUT2D eigenvalue weighted by molar-refractivity contribution is 5.80. The third kappa shape index (κ3) is 5.09. The van der Waals surface area contributed by atoms with Crippen LogP contribution in [0.15, 0.2) is 0 Å². The monoisotopic (exact) mass is 351 g/mol. The third-order valence-corrected chi connectivity index (χ3v) is 6.07. The van der Waals surface area contributed by atoms with Crippen molar-refractivity contribution in [3.63, 3.8) is 0 Å². The summed E-state index contributed by atoms with van der Waals surface area (Å²) in [5.41, 5.74) is 0. The van der Waals surface area contributed by atoms with Crippen LogP contribution in [0, 0.1) is 5.92 Å². The van der Waals surface area contributed by atoms with Crippen LogP contribution in [0.5, 0.6) is 0 Å². The second kappa shape index (κ2) is 8.88. The summed E-state index contributed by atoms with van der Waals surface area (Å²) in [6, 6.07) is 0.189. The summed E-state index contributed by atoms with van der Waals surface area (Å²) in [6.45, 7) is 3.16. The minimum absolute atomic E-state index is 0.00191. The van der Waals surface area contributed by atoms with E-state index in [9.17, 15) is 14.7 Å². The fourth-order valence-corrected chi connectivity index (χ4v) is 4.36. The summed E-state index contributed by atoms with van der Waals surface area (Å²) in [5.74, 6) is 0.398. The first-order chi connectivity index (χ1) is 12.1. The van der Waals surface area contributed by atoms with Crippen molar-refractivity contribution in [2.24, 2.45) is 5.92 Å². The molecule has 0 aromatic rings. The van der Waals surface area contributed by atoms with E-state index in [4.69, 9.17) is 0 Å². The van der Waals surface area contributed by atoms with Crippen molar-refractivity contribution in [1.82, 2.24) is 15.1 Å². The normalized spacial score (nSPS) is 29.2. The van der Waals surface area contributed by atoms with Gasteiger partial charge in [0, 0.05) is 38.1 Å². The lowest BCUT2D eigenvalue weighted by Gasteiger charge is -2.35. The molecule has 3 amide bonds. The first kappa shape index (κ1) is 18.5. The van der Waals surface area contributed by atoms with Gasteiger partial charge in [0.05, 0.1) is 6.10 Å². The molecule has 0 atom stereocenters. The van der Waals surface area contributed by atoms with E-state index >= 15 is 0 Å². The SMILES string of the molecule is O=C(NC1CCC(O)CC1)N1CCC(C(=O)N2CCCCCC2)CC1. The zero-order chi connectivity index (χ0) is 17.6. The maximum atomic E-state index is 12.7. The molecule has 2 saturated heterocycles. The van der Waals surface area contributed by atoms with Gasteiger partial charge in [-0.15, -0.1) is 0 Å². The van der Waals surface area contributed by atoms with E-state index in [0.717, 1.165) is 64.5 Å². The van der Waals surface area contributed by atoms with Crippen molar-refractivity contribution in [2.45, 2.75) is 76.4 Å². The Morgan fingerprint density at radius 1 is 0.760 bits per heavy atom. The Morgan fingerprint density at radius 3 is 1.96 bits per heavy atom. The summed E-state index contributed by atoms with van der Waals surface area (Å²) in [5, 5.41) is 12.7. The minimum atomic E-state index is -0.200. The van der Waals surface area contributed by atoms with Crippen LogP contribution in [0.1, 0.15) is 64.2 Å². The Kier molecular flexibility index (Phi) is 6.57. The number of hydrogen-bond acceptors (Lipinski definition) is 3. The van der Waals surface area contributed by atoms with Crippen LogP contribution < -0.4 is 5.32 Å². The summed E-state index contributed by atoms with van der Waals surface area (Å²) in [7, 11) is 0. The average molecular weight is 351 g/mol. The van der Waals surface area contributed by atoms with Crippen LogP contribution in [-0.4, -0.2) is 65.2 Å². The molecule has 0 aromatic heterocycles. The minimum Gasteiger partial charge on any atom is -0.393 e. The Labute approximate surface area is 150 Å². The largest absolute Gasteiger partial charge is 0.393 e. The highest BCUT2D eigenvalue weighted by Gasteiger charge is 2.31. The van der Waals surface area contributed by atoms with E-state index in [1.54, 1.807) is 0 Å². The summed E-state index contributed by atoms with van der Waals surface area (Å²) < 4.78 is 0. The third-order valence-electron chi connectivity index (χ3n) is 6.07. The smallest absolute Gasteiger partial charge is 0.317 e. The number of carbonyl (C=O) groups is 2. The maximum absolute atomic E-state index is 12.7. The summed E-state index contributed by atoms with van der Waals surface area (Å²) in [4.78, 5) is 29.1. The second-order valence-electron chi connectivity index (χ2n) is 7.96. The van der Waals surface area contributed by atoms with Crippen molar-refractivity contribution in [1.29, 1.82) is 0 Å². The van der Waals surface area contributed by atoms with Crippen LogP contribution in [0.3, 0.4) is 0 Å². The standard InChI is InChI=1S/C19H33N3O3/c23-17-7-5-16(6-8-17)20-19(25)22-13-9-15(10-14-22)18(24)21-11-3-1-2-4-12-21/h15-17,23H,1-14H2,(H,20,25). The van der Waals surface area contributed by atoms with E-state index in [0.29, 0.717) is 19.0 Å². The molecule has 2 heterocycles. The van der Waals surface area contributed by atoms with E-state index in [2.05, 4.69) is 10.2 Å². The number of likely N-dealkylation sites (tertiary alicyclic amines) is 2. The lowest BCUT2D eigenvalue weighted by molar-refractivity contribution is -0.136. The van der Waals surface area contributed by atoms with Gasteiger partial charge in [0.15, 0.2) is 0 Å². The van der Waals surface area contributed by atoms with Gasteiger partial charge in [0.25, 0.3) is 0 Å². The molecule has 6 nitrogen and oxygen atoms in total.